The average Bonchev–Trinajstić information content (AvgIpc) is 2.16. The minimum Gasteiger partial charge on any atom is -0.360 e. The molecular weight excluding hydrogens is 162 g/mol. The van der Waals surface area contributed by atoms with Crippen LogP contribution >= 0.6 is 0 Å². The maximum absolute atomic E-state index is 5.73. The Balaban J connectivity index is 3.50. The molecule has 0 heterocycles. The Morgan fingerprint density at radius 3 is 2.23 bits per heavy atom. The minimum absolute atomic E-state index is 0.0634. The fourth-order valence-electron chi connectivity index (χ4n) is 1.33. The molecule has 0 bridgehead atoms. The van der Waals surface area contributed by atoms with Crippen molar-refractivity contribution in [3.8, 4) is 0 Å². The van der Waals surface area contributed by atoms with Gasteiger partial charge >= 0.3 is 0 Å². The van der Waals surface area contributed by atoms with E-state index in [1.807, 2.05) is 0 Å². The average molecular weight is 187 g/mol. The van der Waals surface area contributed by atoms with Crippen LogP contribution in [-0.2, 0) is 4.74 Å². The number of ether oxygens (including phenoxy) is 1. The molecule has 80 valence electrons. The van der Waals surface area contributed by atoms with Crippen molar-refractivity contribution in [3.05, 3.63) is 0 Å². The summed E-state index contributed by atoms with van der Waals surface area (Å²) in [5, 5.41) is 0. The standard InChI is InChI=1S/C11H25NO/c1-4-7-8-9-10(5-2)13-11(12)6-3/h10-11H,4-9,12H2,1-3H3. The predicted octanol–water partition coefficient (Wildman–Crippen LogP) is 3.06. The summed E-state index contributed by atoms with van der Waals surface area (Å²) in [5.41, 5.74) is 5.73. The molecule has 0 aromatic heterocycles. The lowest BCUT2D eigenvalue weighted by Gasteiger charge is -2.20. The molecule has 0 aromatic carbocycles. The fourth-order valence-corrected chi connectivity index (χ4v) is 1.33. The van der Waals surface area contributed by atoms with E-state index >= 15 is 0 Å². The number of rotatable bonds is 8. The molecule has 0 amide bonds. The van der Waals surface area contributed by atoms with E-state index in [9.17, 15) is 0 Å². The molecule has 0 aromatic rings. The minimum atomic E-state index is -0.0634. The van der Waals surface area contributed by atoms with Gasteiger partial charge in [0.05, 0.1) is 6.10 Å². The zero-order chi connectivity index (χ0) is 10.1. The molecule has 2 nitrogen and oxygen atoms in total. The summed E-state index contributed by atoms with van der Waals surface area (Å²) >= 11 is 0. The number of nitrogens with two attached hydrogens (primary N) is 1. The Kier molecular flexibility index (Phi) is 8.46. The Morgan fingerprint density at radius 2 is 1.77 bits per heavy atom. The van der Waals surface area contributed by atoms with Gasteiger partial charge in [0.1, 0.15) is 6.23 Å². The van der Waals surface area contributed by atoms with Gasteiger partial charge < -0.3 is 10.5 Å². The molecule has 0 aliphatic rings. The van der Waals surface area contributed by atoms with Crippen LogP contribution in [0.15, 0.2) is 0 Å². The molecule has 0 aliphatic heterocycles. The molecule has 0 spiro atoms. The normalized spacial score (nSPS) is 15.7. The third-order valence-corrected chi connectivity index (χ3v) is 2.35. The first-order valence-electron chi connectivity index (χ1n) is 5.65. The van der Waals surface area contributed by atoms with E-state index in [1.165, 1.54) is 19.3 Å². The lowest BCUT2D eigenvalue weighted by molar-refractivity contribution is -0.0173. The van der Waals surface area contributed by atoms with Crippen molar-refractivity contribution in [1.82, 2.24) is 0 Å². The highest BCUT2D eigenvalue weighted by Gasteiger charge is 2.09. The first-order chi connectivity index (χ1) is 6.24. The topological polar surface area (TPSA) is 35.2 Å². The SMILES string of the molecule is CCCCCC(CC)OC(N)CC. The molecule has 2 N–H and O–H groups in total. The molecule has 0 rings (SSSR count). The van der Waals surface area contributed by atoms with E-state index in [4.69, 9.17) is 10.5 Å². The summed E-state index contributed by atoms with van der Waals surface area (Å²) in [5.74, 6) is 0. The Bertz CT molecular complexity index is 106. The van der Waals surface area contributed by atoms with Gasteiger partial charge in [-0.2, -0.15) is 0 Å². The first kappa shape index (κ1) is 12.9. The quantitative estimate of drug-likeness (QED) is 0.468. The monoisotopic (exact) mass is 187 g/mol. The predicted molar refractivity (Wildman–Crippen MR) is 57.6 cm³/mol. The molecule has 2 atom stereocenters. The van der Waals surface area contributed by atoms with Gasteiger partial charge in [0.15, 0.2) is 0 Å². The maximum atomic E-state index is 5.73. The summed E-state index contributed by atoms with van der Waals surface area (Å²) in [4.78, 5) is 0. The molecular formula is C11H25NO. The summed E-state index contributed by atoms with van der Waals surface area (Å²) in [6.07, 6.45) is 7.32. The lowest BCUT2D eigenvalue weighted by Crippen LogP contribution is -2.28. The fraction of sp³-hybridized carbons (Fsp3) is 1.00. The van der Waals surface area contributed by atoms with Crippen LogP contribution in [0.2, 0.25) is 0 Å². The highest BCUT2D eigenvalue weighted by Crippen LogP contribution is 2.11. The van der Waals surface area contributed by atoms with Crippen molar-refractivity contribution >= 4 is 0 Å². The van der Waals surface area contributed by atoms with Gasteiger partial charge in [-0.3, -0.25) is 0 Å². The van der Waals surface area contributed by atoms with Gasteiger partial charge in [-0.05, 0) is 19.3 Å². The van der Waals surface area contributed by atoms with Crippen LogP contribution in [0.4, 0.5) is 0 Å². The lowest BCUT2D eigenvalue weighted by atomic mass is 10.1. The largest absolute Gasteiger partial charge is 0.360 e. The molecule has 0 saturated heterocycles. The van der Waals surface area contributed by atoms with E-state index in [2.05, 4.69) is 20.8 Å². The second kappa shape index (κ2) is 8.52. The van der Waals surface area contributed by atoms with Crippen LogP contribution in [0.5, 0.6) is 0 Å². The summed E-state index contributed by atoms with van der Waals surface area (Å²) in [6, 6.07) is 0. The highest BCUT2D eigenvalue weighted by molar-refractivity contribution is 4.58. The number of unbranched alkanes of at least 4 members (excludes halogenated alkanes) is 2. The van der Waals surface area contributed by atoms with Crippen LogP contribution in [0.3, 0.4) is 0 Å². The number of hydrogen-bond donors (Lipinski definition) is 1. The van der Waals surface area contributed by atoms with Crippen molar-refractivity contribution in [3.63, 3.8) is 0 Å². The van der Waals surface area contributed by atoms with Crippen molar-refractivity contribution in [1.29, 1.82) is 0 Å². The van der Waals surface area contributed by atoms with Crippen LogP contribution in [0, 0.1) is 0 Å². The van der Waals surface area contributed by atoms with Crippen LogP contribution < -0.4 is 5.73 Å². The zero-order valence-electron chi connectivity index (χ0n) is 9.38. The second-order valence-electron chi connectivity index (χ2n) is 3.61. The van der Waals surface area contributed by atoms with Crippen LogP contribution in [0.25, 0.3) is 0 Å². The third kappa shape index (κ3) is 7.03. The van der Waals surface area contributed by atoms with E-state index in [0.717, 1.165) is 19.3 Å². The Hall–Kier alpha value is -0.0800. The van der Waals surface area contributed by atoms with Crippen molar-refractivity contribution in [2.45, 2.75) is 71.6 Å². The van der Waals surface area contributed by atoms with E-state index in [1.54, 1.807) is 0 Å². The first-order valence-corrected chi connectivity index (χ1v) is 5.65. The molecule has 0 aliphatic carbocycles. The van der Waals surface area contributed by atoms with Crippen molar-refractivity contribution in [2.24, 2.45) is 5.73 Å². The van der Waals surface area contributed by atoms with Crippen LogP contribution in [0.1, 0.15) is 59.3 Å². The van der Waals surface area contributed by atoms with Gasteiger partial charge in [0.25, 0.3) is 0 Å². The smallest absolute Gasteiger partial charge is 0.105 e. The molecule has 2 unspecified atom stereocenters. The highest BCUT2D eigenvalue weighted by atomic mass is 16.5. The van der Waals surface area contributed by atoms with Crippen LogP contribution in [-0.4, -0.2) is 12.3 Å². The third-order valence-electron chi connectivity index (χ3n) is 2.35. The molecule has 13 heavy (non-hydrogen) atoms. The zero-order valence-corrected chi connectivity index (χ0v) is 9.38. The van der Waals surface area contributed by atoms with Gasteiger partial charge in [-0.15, -0.1) is 0 Å². The molecule has 0 fully saturated rings. The van der Waals surface area contributed by atoms with Gasteiger partial charge in [0, 0.05) is 0 Å². The van der Waals surface area contributed by atoms with Gasteiger partial charge in [0.2, 0.25) is 0 Å². The van der Waals surface area contributed by atoms with Gasteiger partial charge in [-0.25, -0.2) is 0 Å². The van der Waals surface area contributed by atoms with Crippen molar-refractivity contribution in [2.75, 3.05) is 0 Å². The maximum Gasteiger partial charge on any atom is 0.105 e. The Morgan fingerprint density at radius 1 is 1.08 bits per heavy atom. The summed E-state index contributed by atoms with van der Waals surface area (Å²) in [7, 11) is 0. The van der Waals surface area contributed by atoms with Crippen molar-refractivity contribution < 1.29 is 4.74 Å². The molecule has 0 saturated carbocycles. The van der Waals surface area contributed by atoms with E-state index in [-0.39, 0.29) is 6.23 Å². The molecule has 2 heteroatoms. The summed E-state index contributed by atoms with van der Waals surface area (Å²) < 4.78 is 5.67. The molecule has 0 radical (unpaired) electrons. The summed E-state index contributed by atoms with van der Waals surface area (Å²) in [6.45, 7) is 6.45. The van der Waals surface area contributed by atoms with Gasteiger partial charge in [-0.1, -0.05) is 40.0 Å². The second-order valence-corrected chi connectivity index (χ2v) is 3.61. The number of hydrogen-bond acceptors (Lipinski definition) is 2. The van der Waals surface area contributed by atoms with E-state index in [0.29, 0.717) is 6.10 Å². The Labute approximate surface area is 82.8 Å². The van der Waals surface area contributed by atoms with E-state index < -0.39 is 0 Å².